The van der Waals surface area contributed by atoms with Gasteiger partial charge in [-0.3, -0.25) is 4.57 Å². The molecule has 0 spiro atoms. The predicted octanol–water partition coefficient (Wildman–Crippen LogP) is 5.52. The zero-order valence-electron chi connectivity index (χ0n) is 14.6. The molecule has 4 aromatic rings. The van der Waals surface area contributed by atoms with E-state index >= 15 is 0 Å². The highest BCUT2D eigenvalue weighted by atomic mass is 35.5. The molecule has 0 aliphatic carbocycles. The van der Waals surface area contributed by atoms with Crippen LogP contribution in [-0.2, 0) is 6.42 Å². The summed E-state index contributed by atoms with van der Waals surface area (Å²) in [6.07, 6.45) is 0.538. The molecule has 28 heavy (non-hydrogen) atoms. The molecule has 6 heteroatoms. The van der Waals surface area contributed by atoms with Gasteiger partial charge in [0, 0.05) is 17.1 Å². The van der Waals surface area contributed by atoms with Crippen LogP contribution in [0.1, 0.15) is 21.7 Å². The van der Waals surface area contributed by atoms with Gasteiger partial charge in [-0.25, -0.2) is 14.6 Å². The van der Waals surface area contributed by atoms with E-state index in [4.69, 9.17) is 23.2 Å². The Labute approximate surface area is 166 Å². The van der Waals surface area contributed by atoms with Gasteiger partial charge >= 0.3 is 5.97 Å². The molecule has 4 rings (SSSR count). The summed E-state index contributed by atoms with van der Waals surface area (Å²) in [5.41, 5.74) is 3.96. The maximum Gasteiger partial charge on any atom is 0.335 e. The van der Waals surface area contributed by atoms with Crippen LogP contribution in [0, 0.1) is 6.57 Å². The second-order valence-corrected chi connectivity index (χ2v) is 6.74. The Kier molecular flexibility index (Phi) is 4.56. The molecule has 0 atom stereocenters. The molecule has 0 saturated heterocycles. The third-order valence-electron chi connectivity index (χ3n) is 4.46. The first-order valence-electron chi connectivity index (χ1n) is 8.52. The van der Waals surface area contributed by atoms with E-state index in [0.717, 1.165) is 16.9 Å². The molecule has 0 aliphatic heterocycles. The highest BCUT2D eigenvalue weighted by Crippen LogP contribution is 2.27. The normalized spacial score (nSPS) is 10.7. The number of benzene rings is 3. The molecule has 1 aromatic heterocycles. The van der Waals surface area contributed by atoms with Gasteiger partial charge < -0.3 is 5.11 Å². The lowest BCUT2D eigenvalue weighted by Gasteiger charge is -2.10. The minimum Gasteiger partial charge on any atom is -0.478 e. The van der Waals surface area contributed by atoms with E-state index in [2.05, 4.69) is 4.85 Å². The predicted molar refractivity (Wildman–Crippen MR) is 109 cm³/mol. The summed E-state index contributed by atoms with van der Waals surface area (Å²) >= 11 is 5.98. The lowest BCUT2D eigenvalue weighted by atomic mass is 10.1. The van der Waals surface area contributed by atoms with Crippen LogP contribution < -0.4 is 0 Å². The van der Waals surface area contributed by atoms with Gasteiger partial charge in [0.05, 0.1) is 23.2 Å². The monoisotopic (exact) mass is 387 g/mol. The lowest BCUT2D eigenvalue weighted by molar-refractivity contribution is 0.0697. The highest BCUT2D eigenvalue weighted by molar-refractivity contribution is 6.30. The fourth-order valence-electron chi connectivity index (χ4n) is 3.16. The molecule has 0 amide bonds. The fourth-order valence-corrected chi connectivity index (χ4v) is 3.28. The van der Waals surface area contributed by atoms with Gasteiger partial charge in [-0.05, 0) is 48.0 Å². The van der Waals surface area contributed by atoms with Crippen molar-refractivity contribution in [2.45, 2.75) is 6.42 Å². The summed E-state index contributed by atoms with van der Waals surface area (Å²) in [5.74, 6) is -0.234. The van der Waals surface area contributed by atoms with Crippen molar-refractivity contribution in [3.8, 4) is 5.69 Å². The minimum absolute atomic E-state index is 0.203. The Hall–Kier alpha value is -3.62. The molecular formula is C22H14ClN3O2. The Bertz CT molecular complexity index is 1240. The number of aromatic nitrogens is 2. The third-order valence-corrected chi connectivity index (χ3v) is 4.72. The number of aromatic carboxylic acids is 1. The van der Waals surface area contributed by atoms with Crippen molar-refractivity contribution in [3.05, 3.63) is 100 Å². The summed E-state index contributed by atoms with van der Waals surface area (Å²) in [6, 6.07) is 19.6. The number of imidazole rings is 1. The zero-order chi connectivity index (χ0) is 19.7. The number of hydrogen-bond donors (Lipinski definition) is 1. The van der Waals surface area contributed by atoms with E-state index in [-0.39, 0.29) is 5.56 Å². The van der Waals surface area contributed by atoms with Crippen LogP contribution in [0.5, 0.6) is 0 Å². The minimum atomic E-state index is -0.985. The molecule has 3 aromatic carbocycles. The molecule has 0 saturated carbocycles. The molecule has 0 unspecified atom stereocenters. The summed E-state index contributed by atoms with van der Waals surface area (Å²) in [7, 11) is 0. The first kappa shape index (κ1) is 17.8. The molecule has 1 heterocycles. The van der Waals surface area contributed by atoms with Gasteiger partial charge in [0.2, 0.25) is 0 Å². The van der Waals surface area contributed by atoms with Crippen molar-refractivity contribution in [1.82, 2.24) is 9.55 Å². The quantitative estimate of drug-likeness (QED) is 0.469. The smallest absolute Gasteiger partial charge is 0.335 e. The van der Waals surface area contributed by atoms with Crippen molar-refractivity contribution < 1.29 is 9.90 Å². The van der Waals surface area contributed by atoms with E-state index < -0.39 is 5.97 Å². The van der Waals surface area contributed by atoms with Crippen LogP contribution in [0.3, 0.4) is 0 Å². The van der Waals surface area contributed by atoms with E-state index in [1.54, 1.807) is 30.3 Å². The SMILES string of the molecule is [C-]#[N+]c1ccc2c(c1)nc(Cc1ccc(Cl)cc1)n2-c1cccc(C(=O)O)c1. The third kappa shape index (κ3) is 3.34. The second-order valence-electron chi connectivity index (χ2n) is 6.31. The molecule has 136 valence electrons. The molecular weight excluding hydrogens is 374 g/mol. The number of carboxylic acids is 1. The Morgan fingerprint density at radius 3 is 2.61 bits per heavy atom. The molecule has 5 nitrogen and oxygen atoms in total. The number of hydrogen-bond acceptors (Lipinski definition) is 2. The number of rotatable bonds is 4. The van der Waals surface area contributed by atoms with Crippen molar-refractivity contribution in [3.63, 3.8) is 0 Å². The molecule has 0 aliphatic rings. The average Bonchev–Trinajstić information content (AvgIpc) is 3.06. The number of halogens is 1. The first-order valence-corrected chi connectivity index (χ1v) is 8.90. The van der Waals surface area contributed by atoms with Crippen LogP contribution in [-0.4, -0.2) is 20.6 Å². The van der Waals surface area contributed by atoms with Gasteiger partial charge in [-0.1, -0.05) is 35.9 Å². The van der Waals surface area contributed by atoms with E-state index in [0.29, 0.717) is 28.3 Å². The van der Waals surface area contributed by atoms with E-state index in [9.17, 15) is 9.90 Å². The Morgan fingerprint density at radius 1 is 1.11 bits per heavy atom. The molecule has 0 bridgehead atoms. The number of carboxylic acid groups (broad SMARTS) is 1. The summed E-state index contributed by atoms with van der Waals surface area (Å²) in [5, 5.41) is 10.0. The number of fused-ring (bicyclic) bond motifs is 1. The first-order chi connectivity index (χ1) is 13.5. The van der Waals surface area contributed by atoms with Gasteiger partial charge in [0.25, 0.3) is 0 Å². The largest absolute Gasteiger partial charge is 0.478 e. The van der Waals surface area contributed by atoms with E-state index in [1.807, 2.05) is 41.0 Å². The summed E-state index contributed by atoms with van der Waals surface area (Å²) in [6.45, 7) is 7.23. The highest BCUT2D eigenvalue weighted by Gasteiger charge is 2.15. The Morgan fingerprint density at radius 2 is 1.89 bits per heavy atom. The molecule has 0 fully saturated rings. The maximum atomic E-state index is 11.4. The van der Waals surface area contributed by atoms with Crippen molar-refractivity contribution in [1.29, 1.82) is 0 Å². The summed E-state index contributed by atoms with van der Waals surface area (Å²) < 4.78 is 1.93. The van der Waals surface area contributed by atoms with Crippen LogP contribution in [0.15, 0.2) is 66.7 Å². The molecule has 0 radical (unpaired) electrons. The van der Waals surface area contributed by atoms with Crippen molar-refractivity contribution >= 4 is 34.3 Å². The van der Waals surface area contributed by atoms with Gasteiger partial charge in [-0.15, -0.1) is 0 Å². The number of carbonyl (C=O) groups is 1. The lowest BCUT2D eigenvalue weighted by Crippen LogP contribution is -2.04. The van der Waals surface area contributed by atoms with Gasteiger partial charge in [0.15, 0.2) is 5.69 Å². The van der Waals surface area contributed by atoms with Crippen LogP contribution in [0.4, 0.5) is 5.69 Å². The average molecular weight is 388 g/mol. The zero-order valence-corrected chi connectivity index (χ0v) is 15.4. The van der Waals surface area contributed by atoms with Crippen molar-refractivity contribution in [2.24, 2.45) is 0 Å². The fraction of sp³-hybridized carbons (Fsp3) is 0.0455. The van der Waals surface area contributed by atoms with Crippen molar-refractivity contribution in [2.75, 3.05) is 0 Å². The van der Waals surface area contributed by atoms with Gasteiger partial charge in [0.1, 0.15) is 5.82 Å². The topological polar surface area (TPSA) is 59.5 Å². The molecule has 1 N–H and O–H groups in total. The van der Waals surface area contributed by atoms with Gasteiger partial charge in [-0.2, -0.15) is 0 Å². The van der Waals surface area contributed by atoms with Crippen LogP contribution in [0.25, 0.3) is 21.6 Å². The Balaban J connectivity index is 1.91. The van der Waals surface area contributed by atoms with Crippen LogP contribution in [0.2, 0.25) is 5.02 Å². The van der Waals surface area contributed by atoms with E-state index in [1.165, 1.54) is 0 Å². The van der Waals surface area contributed by atoms with Crippen LogP contribution >= 0.6 is 11.6 Å². The maximum absolute atomic E-state index is 11.4. The number of nitrogens with zero attached hydrogens (tertiary/aromatic N) is 3. The summed E-state index contributed by atoms with van der Waals surface area (Å²) in [4.78, 5) is 19.6. The standard InChI is InChI=1S/C22H14ClN3O2/c1-24-17-9-10-20-19(13-17)25-21(11-14-5-7-16(23)8-6-14)26(20)18-4-2-3-15(12-18)22(27)28/h2-10,12-13H,11H2,(H,27,28). The second kappa shape index (κ2) is 7.18.